The van der Waals surface area contributed by atoms with Crippen molar-refractivity contribution in [3.8, 4) is 0 Å². The van der Waals surface area contributed by atoms with E-state index in [4.69, 9.17) is 4.98 Å². The van der Waals surface area contributed by atoms with Gasteiger partial charge >= 0.3 is 0 Å². The number of aromatic nitrogens is 2. The third-order valence-corrected chi connectivity index (χ3v) is 6.92. The van der Waals surface area contributed by atoms with Gasteiger partial charge in [-0.2, -0.15) is 0 Å². The number of hydrogen-bond donors (Lipinski definition) is 3. The lowest BCUT2D eigenvalue weighted by Crippen LogP contribution is -2.46. The van der Waals surface area contributed by atoms with Crippen molar-refractivity contribution in [2.45, 2.75) is 44.1 Å². The monoisotopic (exact) mass is 367 g/mol. The van der Waals surface area contributed by atoms with Gasteiger partial charge in [0, 0.05) is 25.6 Å². The molecule has 1 aromatic heterocycles. The van der Waals surface area contributed by atoms with Crippen LogP contribution >= 0.6 is 0 Å². The molecule has 3 saturated heterocycles. The largest absolute Gasteiger partial charge is 0.342 e. The maximum atomic E-state index is 13.0. The number of hydrogen-bond acceptors (Lipinski definition) is 4. The van der Waals surface area contributed by atoms with E-state index < -0.39 is 0 Å². The molecule has 3 aliphatic heterocycles. The van der Waals surface area contributed by atoms with E-state index in [1.165, 1.54) is 12.8 Å². The van der Waals surface area contributed by atoms with Crippen LogP contribution in [0.15, 0.2) is 24.3 Å². The van der Waals surface area contributed by atoms with Crippen LogP contribution in [0.3, 0.4) is 0 Å². The fourth-order valence-corrected chi connectivity index (χ4v) is 5.19. The molecule has 1 aromatic carbocycles. The van der Waals surface area contributed by atoms with Gasteiger partial charge < -0.3 is 20.5 Å². The third kappa shape index (κ3) is 3.25. The topological polar surface area (TPSA) is 73.1 Å². The Morgan fingerprint density at radius 3 is 2.70 bits per heavy atom. The molecule has 6 nitrogen and oxygen atoms in total. The van der Waals surface area contributed by atoms with E-state index in [2.05, 4.69) is 32.7 Å². The van der Waals surface area contributed by atoms with Gasteiger partial charge in [0.25, 0.3) is 0 Å². The number of fused-ring (bicyclic) bond motifs is 1. The molecule has 3 fully saturated rings. The maximum absolute atomic E-state index is 13.0. The summed E-state index contributed by atoms with van der Waals surface area (Å²) in [4.78, 5) is 23.3. The highest BCUT2D eigenvalue weighted by Crippen LogP contribution is 2.38. The second kappa shape index (κ2) is 6.91. The lowest BCUT2D eigenvalue weighted by Gasteiger charge is -2.34. The highest BCUT2D eigenvalue weighted by atomic mass is 16.2. The zero-order valence-electron chi connectivity index (χ0n) is 15.8. The quantitative estimate of drug-likeness (QED) is 0.759. The fraction of sp³-hybridized carbons (Fsp3) is 0.619. The van der Waals surface area contributed by atoms with Crippen LogP contribution in [-0.4, -0.2) is 59.5 Å². The van der Waals surface area contributed by atoms with Crippen molar-refractivity contribution in [2.24, 2.45) is 5.41 Å². The van der Waals surface area contributed by atoms with Gasteiger partial charge in [0.15, 0.2) is 0 Å². The van der Waals surface area contributed by atoms with E-state index in [1.807, 2.05) is 12.1 Å². The number of aromatic amines is 1. The van der Waals surface area contributed by atoms with Crippen molar-refractivity contribution in [3.05, 3.63) is 30.1 Å². The Labute approximate surface area is 160 Å². The van der Waals surface area contributed by atoms with Crippen LogP contribution in [0.5, 0.6) is 0 Å². The average Bonchev–Trinajstić information content (AvgIpc) is 3.33. The Bertz CT molecular complexity index is 784. The molecule has 144 valence electrons. The molecule has 6 heteroatoms. The number of amides is 1. The smallest absolute Gasteiger partial charge is 0.239 e. The van der Waals surface area contributed by atoms with Gasteiger partial charge in [-0.25, -0.2) is 4.98 Å². The summed E-state index contributed by atoms with van der Waals surface area (Å²) in [6, 6.07) is 8.21. The van der Waals surface area contributed by atoms with Gasteiger partial charge in [-0.1, -0.05) is 12.1 Å². The minimum atomic E-state index is 0.0193. The molecule has 0 bridgehead atoms. The summed E-state index contributed by atoms with van der Waals surface area (Å²) in [6.07, 6.45) is 5.38. The summed E-state index contributed by atoms with van der Waals surface area (Å²) in [6.45, 7) is 4.86. The molecule has 27 heavy (non-hydrogen) atoms. The molecule has 3 aliphatic rings. The lowest BCUT2D eigenvalue weighted by molar-refractivity contribution is -0.134. The summed E-state index contributed by atoms with van der Waals surface area (Å²) in [5.74, 6) is 1.82. The number of likely N-dealkylation sites (tertiary alicyclic amines) is 1. The van der Waals surface area contributed by atoms with Crippen LogP contribution in [0.4, 0.5) is 0 Å². The van der Waals surface area contributed by atoms with E-state index in [-0.39, 0.29) is 6.04 Å². The van der Waals surface area contributed by atoms with Gasteiger partial charge in [-0.3, -0.25) is 4.79 Å². The number of nitrogens with zero attached hydrogens (tertiary/aromatic N) is 2. The Morgan fingerprint density at radius 2 is 1.93 bits per heavy atom. The van der Waals surface area contributed by atoms with Gasteiger partial charge in [-0.05, 0) is 62.7 Å². The molecule has 4 heterocycles. The average molecular weight is 367 g/mol. The predicted octanol–water partition coefficient (Wildman–Crippen LogP) is 2.00. The number of imidazole rings is 1. The van der Waals surface area contributed by atoms with Crippen LogP contribution in [0.25, 0.3) is 11.0 Å². The number of nitrogens with one attached hydrogen (secondary N) is 3. The fourth-order valence-electron chi connectivity index (χ4n) is 5.19. The molecule has 5 rings (SSSR count). The number of piperidine rings is 2. The third-order valence-electron chi connectivity index (χ3n) is 6.92. The van der Waals surface area contributed by atoms with Gasteiger partial charge in [0.1, 0.15) is 5.82 Å². The Balaban J connectivity index is 1.19. The van der Waals surface area contributed by atoms with Crippen molar-refractivity contribution < 1.29 is 4.79 Å². The first-order valence-corrected chi connectivity index (χ1v) is 10.4. The number of carbonyl (C=O) groups excluding carboxylic acids is 1. The number of rotatable bonds is 2. The van der Waals surface area contributed by atoms with Crippen LogP contribution in [0, 0.1) is 5.41 Å². The van der Waals surface area contributed by atoms with Crippen molar-refractivity contribution >= 4 is 16.9 Å². The van der Waals surface area contributed by atoms with Crippen molar-refractivity contribution in [3.63, 3.8) is 0 Å². The lowest BCUT2D eigenvalue weighted by atomic mass is 9.77. The summed E-state index contributed by atoms with van der Waals surface area (Å²) in [5, 5.41) is 6.98. The molecule has 0 saturated carbocycles. The second-order valence-corrected chi connectivity index (χ2v) is 8.63. The number of benzene rings is 1. The summed E-state index contributed by atoms with van der Waals surface area (Å²) in [7, 11) is 0. The number of carbonyl (C=O) groups is 1. The van der Waals surface area contributed by atoms with E-state index in [0.717, 1.165) is 68.8 Å². The Morgan fingerprint density at radius 1 is 1.15 bits per heavy atom. The molecular formula is C21H29N5O. The minimum Gasteiger partial charge on any atom is -0.342 e. The van der Waals surface area contributed by atoms with Crippen molar-refractivity contribution in [2.75, 3.05) is 32.7 Å². The van der Waals surface area contributed by atoms with Crippen LogP contribution in [0.2, 0.25) is 0 Å². The summed E-state index contributed by atoms with van der Waals surface area (Å²) >= 11 is 0. The first-order valence-electron chi connectivity index (χ1n) is 10.4. The zero-order valence-corrected chi connectivity index (χ0v) is 15.8. The van der Waals surface area contributed by atoms with Gasteiger partial charge in [0.05, 0.1) is 17.1 Å². The highest BCUT2D eigenvalue weighted by molar-refractivity contribution is 5.82. The van der Waals surface area contributed by atoms with E-state index in [0.29, 0.717) is 17.2 Å². The van der Waals surface area contributed by atoms with E-state index in [1.54, 1.807) is 0 Å². The standard InChI is InChI=1S/C21H29N5O/c27-20(18-13-21(14-23-18)7-9-22-10-8-21)26-11-5-15(6-12-26)19-24-16-3-1-2-4-17(16)25-19/h1-4,15,18,22-23H,5-14H2,(H,24,25)/t18-/m1/s1. The molecule has 0 radical (unpaired) electrons. The SMILES string of the molecule is O=C([C@H]1CC2(CCNCC2)CN1)N1CCC(c2nc3ccccc3[nH]2)CC1. The molecular weight excluding hydrogens is 338 g/mol. The van der Waals surface area contributed by atoms with E-state index >= 15 is 0 Å². The Kier molecular flexibility index (Phi) is 4.40. The minimum absolute atomic E-state index is 0.0193. The molecule has 1 amide bonds. The van der Waals surface area contributed by atoms with E-state index in [9.17, 15) is 4.79 Å². The van der Waals surface area contributed by atoms with Gasteiger partial charge in [0.2, 0.25) is 5.91 Å². The molecule has 2 aromatic rings. The molecule has 0 unspecified atom stereocenters. The zero-order chi connectivity index (χ0) is 18.3. The van der Waals surface area contributed by atoms with Crippen LogP contribution in [0.1, 0.15) is 43.8 Å². The second-order valence-electron chi connectivity index (χ2n) is 8.63. The van der Waals surface area contributed by atoms with Crippen molar-refractivity contribution in [1.82, 2.24) is 25.5 Å². The highest BCUT2D eigenvalue weighted by Gasteiger charge is 2.43. The normalized spacial score (nSPS) is 26.1. The predicted molar refractivity (Wildman–Crippen MR) is 106 cm³/mol. The summed E-state index contributed by atoms with van der Waals surface area (Å²) in [5.41, 5.74) is 2.49. The van der Waals surface area contributed by atoms with Crippen molar-refractivity contribution in [1.29, 1.82) is 0 Å². The summed E-state index contributed by atoms with van der Waals surface area (Å²) < 4.78 is 0. The maximum Gasteiger partial charge on any atom is 0.239 e. The first-order chi connectivity index (χ1) is 13.2. The van der Waals surface area contributed by atoms with Gasteiger partial charge in [-0.15, -0.1) is 0 Å². The van der Waals surface area contributed by atoms with Crippen LogP contribution in [-0.2, 0) is 4.79 Å². The molecule has 3 N–H and O–H groups in total. The molecule has 1 atom stereocenters. The first kappa shape index (κ1) is 17.2. The van der Waals surface area contributed by atoms with Crippen LogP contribution < -0.4 is 10.6 Å². The molecule has 1 spiro atoms. The number of H-pyrrole nitrogens is 1. The Hall–Kier alpha value is -1.92. The number of para-hydroxylation sites is 2. The molecule has 0 aliphatic carbocycles.